The molecule has 1 heterocycles. The van der Waals surface area contributed by atoms with E-state index in [1.165, 1.54) is 7.11 Å². The molecule has 0 atom stereocenters. The molecule has 0 fully saturated rings. The van der Waals surface area contributed by atoms with E-state index >= 15 is 0 Å². The van der Waals surface area contributed by atoms with Crippen LogP contribution in [0.15, 0.2) is 42.5 Å². The van der Waals surface area contributed by atoms with E-state index in [0.29, 0.717) is 22.1 Å². The molecule has 1 aromatic heterocycles. The van der Waals surface area contributed by atoms with Gasteiger partial charge in [0.05, 0.1) is 18.4 Å². The average Bonchev–Trinajstić information content (AvgIpc) is 3.11. The summed E-state index contributed by atoms with van der Waals surface area (Å²) in [6.45, 7) is 4.01. The van der Waals surface area contributed by atoms with Gasteiger partial charge in [0.15, 0.2) is 5.82 Å². The van der Waals surface area contributed by atoms with E-state index in [1.54, 1.807) is 28.9 Å². The Morgan fingerprint density at radius 1 is 1.12 bits per heavy atom. The minimum Gasteiger partial charge on any atom is -0.465 e. The Labute approximate surface area is 150 Å². The smallest absolute Gasteiger partial charge is 0.337 e. The Hall–Kier alpha value is -2.73. The lowest BCUT2D eigenvalue weighted by molar-refractivity contribution is 0.0600. The van der Waals surface area contributed by atoms with Crippen molar-refractivity contribution in [2.24, 2.45) is 0 Å². The van der Waals surface area contributed by atoms with Crippen LogP contribution in [0, 0.1) is 0 Å². The van der Waals surface area contributed by atoms with Crippen LogP contribution in [0.2, 0.25) is 5.02 Å². The number of esters is 1. The van der Waals surface area contributed by atoms with Crippen LogP contribution >= 0.6 is 11.6 Å². The second kappa shape index (κ2) is 7.03. The summed E-state index contributed by atoms with van der Waals surface area (Å²) in [5.74, 6) is 0.427. The molecule has 0 amide bonds. The predicted octanol–water partition coefficient (Wildman–Crippen LogP) is 3.89. The summed E-state index contributed by atoms with van der Waals surface area (Å²) < 4.78 is 6.51. The maximum absolute atomic E-state index is 12.1. The molecule has 0 saturated heterocycles. The first-order valence-corrected chi connectivity index (χ1v) is 8.15. The molecule has 7 heteroatoms. The van der Waals surface area contributed by atoms with Gasteiger partial charge >= 0.3 is 5.97 Å². The fraction of sp³-hybridized carbons (Fsp3) is 0.222. The van der Waals surface area contributed by atoms with Crippen LogP contribution in [-0.4, -0.2) is 33.3 Å². The van der Waals surface area contributed by atoms with Gasteiger partial charge in [-0.1, -0.05) is 37.6 Å². The van der Waals surface area contributed by atoms with Crippen LogP contribution in [0.4, 0.5) is 0 Å². The van der Waals surface area contributed by atoms with Crippen molar-refractivity contribution in [2.75, 3.05) is 7.11 Å². The molecule has 0 aliphatic carbocycles. The number of rotatable bonds is 4. The fourth-order valence-electron chi connectivity index (χ4n) is 2.52. The van der Waals surface area contributed by atoms with Gasteiger partial charge in [-0.3, -0.25) is 0 Å². The van der Waals surface area contributed by atoms with E-state index in [4.69, 9.17) is 16.3 Å². The van der Waals surface area contributed by atoms with E-state index in [0.717, 1.165) is 11.1 Å². The van der Waals surface area contributed by atoms with E-state index < -0.39 is 5.97 Å². The van der Waals surface area contributed by atoms with Crippen molar-refractivity contribution in [1.82, 2.24) is 20.2 Å². The minimum absolute atomic E-state index is 0.135. The van der Waals surface area contributed by atoms with Crippen LogP contribution in [0.25, 0.3) is 16.8 Å². The first-order chi connectivity index (χ1) is 12.0. The maximum Gasteiger partial charge on any atom is 0.337 e. The Balaban J connectivity index is 2.18. The second-order valence-corrected chi connectivity index (χ2v) is 6.31. The Morgan fingerprint density at radius 3 is 2.48 bits per heavy atom. The number of hydrogen-bond acceptors (Lipinski definition) is 5. The molecular weight excluding hydrogens is 340 g/mol. The number of hydrogen-bond donors (Lipinski definition) is 0. The number of carbonyl (C=O) groups excluding carboxylic acids is 1. The van der Waals surface area contributed by atoms with E-state index in [2.05, 4.69) is 15.5 Å². The van der Waals surface area contributed by atoms with Gasteiger partial charge in [0.1, 0.15) is 0 Å². The van der Waals surface area contributed by atoms with Gasteiger partial charge < -0.3 is 4.74 Å². The van der Waals surface area contributed by atoms with E-state index in [-0.39, 0.29) is 5.92 Å². The van der Waals surface area contributed by atoms with Crippen LogP contribution in [0.3, 0.4) is 0 Å². The lowest BCUT2D eigenvalue weighted by Gasteiger charge is -2.11. The summed E-state index contributed by atoms with van der Waals surface area (Å²) in [6.07, 6.45) is 0. The molecule has 3 rings (SSSR count). The second-order valence-electron chi connectivity index (χ2n) is 5.87. The van der Waals surface area contributed by atoms with Crippen LogP contribution < -0.4 is 0 Å². The first kappa shape index (κ1) is 17.1. The van der Waals surface area contributed by atoms with Crippen molar-refractivity contribution in [3.8, 4) is 16.8 Å². The molecule has 128 valence electrons. The summed E-state index contributed by atoms with van der Waals surface area (Å²) in [6, 6.07) is 12.8. The quantitative estimate of drug-likeness (QED) is 0.663. The summed E-state index contributed by atoms with van der Waals surface area (Å²) in [7, 11) is 1.35. The van der Waals surface area contributed by atoms with Crippen LogP contribution in [0.5, 0.6) is 0 Å². The van der Waals surface area contributed by atoms with Crippen molar-refractivity contribution in [1.29, 1.82) is 0 Å². The molecule has 0 bridgehead atoms. The van der Waals surface area contributed by atoms with Gasteiger partial charge in [0.25, 0.3) is 0 Å². The molecular formula is C18H17ClN4O2. The normalized spacial score (nSPS) is 10.9. The molecule has 0 unspecified atom stereocenters. The highest BCUT2D eigenvalue weighted by Crippen LogP contribution is 2.27. The van der Waals surface area contributed by atoms with Crippen molar-refractivity contribution < 1.29 is 9.53 Å². The Morgan fingerprint density at radius 2 is 1.84 bits per heavy atom. The molecule has 0 spiro atoms. The third-order valence-corrected chi connectivity index (χ3v) is 4.02. The molecule has 25 heavy (non-hydrogen) atoms. The highest BCUT2D eigenvalue weighted by atomic mass is 35.5. The zero-order valence-corrected chi connectivity index (χ0v) is 14.9. The Bertz CT molecular complexity index is 904. The lowest BCUT2D eigenvalue weighted by atomic mass is 10.0. The standard InChI is InChI=1S/C18H17ClN4O2/c1-11(2)17-20-21-22-23(17)16-9-13(8-14(10-16)18(24)25-3)12-4-6-15(19)7-5-12/h4-11H,1-3H3. The first-order valence-electron chi connectivity index (χ1n) is 7.77. The average molecular weight is 357 g/mol. The van der Waals surface area contributed by atoms with Gasteiger partial charge in [-0.15, -0.1) is 5.10 Å². The van der Waals surface area contributed by atoms with Crippen molar-refractivity contribution in [3.63, 3.8) is 0 Å². The van der Waals surface area contributed by atoms with Gasteiger partial charge in [0.2, 0.25) is 0 Å². The molecule has 0 radical (unpaired) electrons. The predicted molar refractivity (Wildman–Crippen MR) is 95.0 cm³/mol. The zero-order valence-electron chi connectivity index (χ0n) is 14.1. The number of carbonyl (C=O) groups is 1. The number of ether oxygens (including phenoxy) is 1. The number of nitrogens with zero attached hydrogens (tertiary/aromatic N) is 4. The van der Waals surface area contributed by atoms with E-state index in [1.807, 2.05) is 32.0 Å². The third kappa shape index (κ3) is 3.53. The number of benzene rings is 2. The topological polar surface area (TPSA) is 69.9 Å². The summed E-state index contributed by atoms with van der Waals surface area (Å²) in [5.41, 5.74) is 2.90. The summed E-state index contributed by atoms with van der Waals surface area (Å²) >= 11 is 5.97. The Kier molecular flexibility index (Phi) is 4.81. The van der Waals surface area contributed by atoms with Crippen LogP contribution in [0.1, 0.15) is 35.9 Å². The molecule has 0 saturated carbocycles. The fourth-order valence-corrected chi connectivity index (χ4v) is 2.64. The largest absolute Gasteiger partial charge is 0.465 e. The van der Waals surface area contributed by atoms with Gasteiger partial charge in [-0.25, -0.2) is 4.79 Å². The third-order valence-electron chi connectivity index (χ3n) is 3.77. The molecule has 6 nitrogen and oxygen atoms in total. The number of aromatic nitrogens is 4. The zero-order chi connectivity index (χ0) is 18.0. The van der Waals surface area contributed by atoms with Gasteiger partial charge in [0, 0.05) is 10.9 Å². The highest BCUT2D eigenvalue weighted by molar-refractivity contribution is 6.30. The van der Waals surface area contributed by atoms with Gasteiger partial charge in [-0.2, -0.15) is 4.68 Å². The van der Waals surface area contributed by atoms with Crippen molar-refractivity contribution >= 4 is 17.6 Å². The minimum atomic E-state index is -0.420. The lowest BCUT2D eigenvalue weighted by Crippen LogP contribution is -2.08. The maximum atomic E-state index is 12.1. The summed E-state index contributed by atoms with van der Waals surface area (Å²) in [5, 5.41) is 12.5. The molecule has 0 N–H and O–H groups in total. The SMILES string of the molecule is COC(=O)c1cc(-c2ccc(Cl)cc2)cc(-n2nnnc2C(C)C)c1. The summed E-state index contributed by atoms with van der Waals surface area (Å²) in [4.78, 5) is 12.1. The van der Waals surface area contributed by atoms with Gasteiger partial charge in [-0.05, 0) is 51.9 Å². The highest BCUT2D eigenvalue weighted by Gasteiger charge is 2.16. The van der Waals surface area contributed by atoms with Crippen molar-refractivity contribution in [2.45, 2.75) is 19.8 Å². The number of halogens is 1. The monoisotopic (exact) mass is 356 g/mol. The van der Waals surface area contributed by atoms with Crippen LogP contribution in [-0.2, 0) is 4.74 Å². The molecule has 0 aliphatic heterocycles. The number of methoxy groups -OCH3 is 1. The number of tetrazole rings is 1. The van der Waals surface area contributed by atoms with Crippen molar-refractivity contribution in [3.05, 3.63) is 58.9 Å². The molecule has 3 aromatic rings. The van der Waals surface area contributed by atoms with E-state index in [9.17, 15) is 4.79 Å². The molecule has 0 aliphatic rings. The molecule has 2 aromatic carbocycles.